The van der Waals surface area contributed by atoms with Crippen molar-refractivity contribution < 1.29 is 23.9 Å². The van der Waals surface area contributed by atoms with Gasteiger partial charge in [0.05, 0.1) is 35.9 Å². The van der Waals surface area contributed by atoms with Gasteiger partial charge in [-0.15, -0.1) is 0 Å². The summed E-state index contributed by atoms with van der Waals surface area (Å²) >= 11 is 0. The summed E-state index contributed by atoms with van der Waals surface area (Å²) in [6, 6.07) is 6.77. The fourth-order valence-electron chi connectivity index (χ4n) is 3.34. The fourth-order valence-corrected chi connectivity index (χ4v) is 3.34. The van der Waals surface area contributed by atoms with E-state index >= 15 is 0 Å². The Labute approximate surface area is 171 Å². The number of methoxy groups -OCH3 is 1. The number of hydrogen-bond acceptors (Lipinski definition) is 7. The minimum Gasteiger partial charge on any atom is -0.465 e. The van der Waals surface area contributed by atoms with Gasteiger partial charge in [-0.3, -0.25) is 14.4 Å². The number of nitrogens with one attached hydrogen (secondary N) is 2. The third-order valence-electron chi connectivity index (χ3n) is 4.84. The van der Waals surface area contributed by atoms with E-state index in [1.165, 1.54) is 14.0 Å². The summed E-state index contributed by atoms with van der Waals surface area (Å²) in [7, 11) is 1.26. The van der Waals surface area contributed by atoms with Crippen LogP contribution >= 0.6 is 0 Å². The van der Waals surface area contributed by atoms with Crippen LogP contribution in [0.15, 0.2) is 29.1 Å². The summed E-state index contributed by atoms with van der Waals surface area (Å²) in [4.78, 5) is 51.8. The second-order valence-electron chi connectivity index (χ2n) is 6.83. The largest absolute Gasteiger partial charge is 0.465 e. The highest BCUT2D eigenvalue weighted by Gasteiger charge is 2.27. The Morgan fingerprint density at radius 2 is 1.80 bits per heavy atom. The molecule has 2 N–H and O–H groups in total. The molecule has 0 aliphatic heterocycles. The number of aromatic nitrogens is 3. The van der Waals surface area contributed by atoms with E-state index < -0.39 is 23.8 Å². The molecule has 0 amide bonds. The van der Waals surface area contributed by atoms with Gasteiger partial charge in [0.2, 0.25) is 5.78 Å². The molecule has 9 nitrogen and oxygen atoms in total. The van der Waals surface area contributed by atoms with Crippen molar-refractivity contribution in [2.75, 3.05) is 7.11 Å². The standard InChI is InChI=1S/C21H21N3O6/c1-10-17(21(28)29-4)11(2)22-18(10)19(26)12(3)30-16(25)9-15-13-7-5-6-8-14(13)20(27)24-23-15/h5-8,12,22H,9H2,1-4H3,(H,24,27)/t12-/m0/s1. The number of Topliss-reactive ketones (excluding diaryl/α,β-unsaturated/α-hetero) is 1. The van der Waals surface area contributed by atoms with Gasteiger partial charge in [0, 0.05) is 11.1 Å². The molecular formula is C21H21N3O6. The molecule has 0 aliphatic rings. The number of esters is 2. The molecule has 1 atom stereocenters. The molecular weight excluding hydrogens is 390 g/mol. The summed E-state index contributed by atoms with van der Waals surface area (Å²) in [5.74, 6) is -1.70. The second kappa shape index (κ2) is 8.32. The Morgan fingerprint density at radius 1 is 1.13 bits per heavy atom. The van der Waals surface area contributed by atoms with Crippen LogP contribution in [0.25, 0.3) is 10.8 Å². The zero-order valence-electron chi connectivity index (χ0n) is 17.0. The van der Waals surface area contributed by atoms with Gasteiger partial charge in [-0.1, -0.05) is 18.2 Å². The molecule has 9 heteroatoms. The van der Waals surface area contributed by atoms with Crippen molar-refractivity contribution in [2.45, 2.75) is 33.3 Å². The Morgan fingerprint density at radius 3 is 2.47 bits per heavy atom. The Hall–Kier alpha value is -3.75. The summed E-state index contributed by atoms with van der Waals surface area (Å²) in [6.45, 7) is 4.72. The molecule has 0 saturated heterocycles. The summed E-state index contributed by atoms with van der Waals surface area (Å²) in [5, 5.41) is 7.23. The SMILES string of the molecule is COC(=O)c1c(C)[nH]c(C(=O)[C@H](C)OC(=O)Cc2n[nH]c(=O)c3ccccc23)c1C. The molecule has 0 radical (unpaired) electrons. The number of fused-ring (bicyclic) bond motifs is 1. The fraction of sp³-hybridized carbons (Fsp3) is 0.286. The van der Waals surface area contributed by atoms with E-state index in [0.29, 0.717) is 27.7 Å². The first-order chi connectivity index (χ1) is 14.2. The number of aromatic amines is 2. The molecule has 0 bridgehead atoms. The highest BCUT2D eigenvalue weighted by atomic mass is 16.5. The van der Waals surface area contributed by atoms with Crippen molar-refractivity contribution in [3.63, 3.8) is 0 Å². The van der Waals surface area contributed by atoms with Gasteiger partial charge in [-0.2, -0.15) is 5.10 Å². The lowest BCUT2D eigenvalue weighted by molar-refractivity contribution is -0.145. The van der Waals surface area contributed by atoms with Crippen LogP contribution < -0.4 is 5.56 Å². The van der Waals surface area contributed by atoms with Crippen LogP contribution in [0.1, 0.15) is 44.7 Å². The van der Waals surface area contributed by atoms with Crippen molar-refractivity contribution in [2.24, 2.45) is 0 Å². The molecule has 156 valence electrons. The highest BCUT2D eigenvalue weighted by molar-refractivity contribution is 6.04. The van der Waals surface area contributed by atoms with Gasteiger partial charge >= 0.3 is 11.9 Å². The molecule has 3 aromatic rings. The maximum absolute atomic E-state index is 12.8. The molecule has 3 rings (SSSR count). The topological polar surface area (TPSA) is 131 Å². The smallest absolute Gasteiger partial charge is 0.339 e. The molecule has 2 aromatic heterocycles. The van der Waals surface area contributed by atoms with Crippen LogP contribution in [0.2, 0.25) is 0 Å². The number of ether oxygens (including phenoxy) is 2. The second-order valence-corrected chi connectivity index (χ2v) is 6.83. The normalized spacial score (nSPS) is 11.9. The highest BCUT2D eigenvalue weighted by Crippen LogP contribution is 2.21. The van der Waals surface area contributed by atoms with Crippen LogP contribution in [0.3, 0.4) is 0 Å². The number of H-pyrrole nitrogens is 2. The van der Waals surface area contributed by atoms with Gasteiger partial charge in [0.25, 0.3) is 5.56 Å². The third-order valence-corrected chi connectivity index (χ3v) is 4.84. The number of carbonyl (C=O) groups is 3. The number of carbonyl (C=O) groups excluding carboxylic acids is 3. The lowest BCUT2D eigenvalue weighted by Crippen LogP contribution is -2.26. The molecule has 0 aliphatic carbocycles. The molecule has 0 saturated carbocycles. The van der Waals surface area contributed by atoms with Gasteiger partial charge in [0.1, 0.15) is 0 Å². The average Bonchev–Trinajstić information content (AvgIpc) is 3.03. The van der Waals surface area contributed by atoms with E-state index in [9.17, 15) is 19.2 Å². The van der Waals surface area contributed by atoms with E-state index in [1.807, 2.05) is 0 Å². The first-order valence-electron chi connectivity index (χ1n) is 9.22. The zero-order chi connectivity index (χ0) is 22.0. The zero-order valence-corrected chi connectivity index (χ0v) is 17.0. The van der Waals surface area contributed by atoms with E-state index in [2.05, 4.69) is 15.2 Å². The predicted molar refractivity (Wildman–Crippen MR) is 108 cm³/mol. The summed E-state index contributed by atoms with van der Waals surface area (Å²) < 4.78 is 10.0. The van der Waals surface area contributed by atoms with Crippen LogP contribution in [0.4, 0.5) is 0 Å². The van der Waals surface area contributed by atoms with Crippen molar-refractivity contribution in [1.29, 1.82) is 0 Å². The van der Waals surface area contributed by atoms with Gasteiger partial charge in [-0.05, 0) is 32.4 Å². The maximum atomic E-state index is 12.8. The quantitative estimate of drug-likeness (QED) is 0.468. The predicted octanol–water partition coefficient (Wildman–Crippen LogP) is 2.01. The van der Waals surface area contributed by atoms with Crippen molar-refractivity contribution in [3.8, 4) is 0 Å². The van der Waals surface area contributed by atoms with Gasteiger partial charge in [0.15, 0.2) is 6.10 Å². The minimum atomic E-state index is -1.09. The number of ketones is 1. The van der Waals surface area contributed by atoms with Crippen LogP contribution in [0, 0.1) is 13.8 Å². The molecule has 0 unspecified atom stereocenters. The Kier molecular flexibility index (Phi) is 5.81. The summed E-state index contributed by atoms with van der Waals surface area (Å²) in [5.41, 5.74) is 1.37. The molecule has 30 heavy (non-hydrogen) atoms. The number of benzene rings is 1. The maximum Gasteiger partial charge on any atom is 0.339 e. The van der Waals surface area contributed by atoms with Crippen molar-refractivity contribution in [1.82, 2.24) is 15.2 Å². The Balaban J connectivity index is 1.77. The molecule has 0 fully saturated rings. The van der Waals surface area contributed by atoms with Gasteiger partial charge < -0.3 is 14.5 Å². The Bertz CT molecular complexity index is 1210. The summed E-state index contributed by atoms with van der Waals surface area (Å²) in [6.07, 6.45) is -1.31. The molecule has 0 spiro atoms. The average molecular weight is 411 g/mol. The number of hydrogen-bond donors (Lipinski definition) is 2. The monoisotopic (exact) mass is 411 g/mol. The van der Waals surface area contributed by atoms with Crippen LogP contribution in [-0.2, 0) is 20.7 Å². The van der Waals surface area contributed by atoms with E-state index in [0.717, 1.165) is 0 Å². The number of rotatable bonds is 6. The first kappa shape index (κ1) is 21.0. The van der Waals surface area contributed by atoms with Crippen molar-refractivity contribution >= 4 is 28.5 Å². The van der Waals surface area contributed by atoms with Crippen molar-refractivity contribution in [3.05, 3.63) is 62.8 Å². The van der Waals surface area contributed by atoms with E-state index in [4.69, 9.17) is 9.47 Å². The molecule has 2 heterocycles. The first-order valence-corrected chi connectivity index (χ1v) is 9.22. The lowest BCUT2D eigenvalue weighted by atomic mass is 10.1. The van der Waals surface area contributed by atoms with E-state index in [1.54, 1.807) is 38.1 Å². The van der Waals surface area contributed by atoms with Crippen LogP contribution in [-0.4, -0.2) is 46.1 Å². The lowest BCUT2D eigenvalue weighted by Gasteiger charge is -2.12. The third kappa shape index (κ3) is 3.86. The minimum absolute atomic E-state index is 0.181. The number of aryl methyl sites for hydroxylation is 1. The number of nitrogens with zero attached hydrogens (tertiary/aromatic N) is 1. The van der Waals surface area contributed by atoms with Crippen LogP contribution in [0.5, 0.6) is 0 Å². The van der Waals surface area contributed by atoms with Gasteiger partial charge in [-0.25, -0.2) is 9.89 Å². The molecule has 1 aromatic carbocycles. The van der Waals surface area contributed by atoms with E-state index in [-0.39, 0.29) is 23.2 Å².